The number of methoxy groups -OCH3 is 1. The largest absolute Gasteiger partial charge is 0.495 e. The van der Waals surface area contributed by atoms with Crippen LogP contribution in [0.4, 0.5) is 10.1 Å². The molecule has 3 aromatic rings. The van der Waals surface area contributed by atoms with E-state index in [1.807, 2.05) is 0 Å². The van der Waals surface area contributed by atoms with Crippen LogP contribution in [0.1, 0.15) is 5.56 Å². The number of nitrogens with one attached hydrogen (secondary N) is 2. The van der Waals surface area contributed by atoms with Gasteiger partial charge in [0.1, 0.15) is 22.5 Å². The Balaban J connectivity index is 1.93. The average molecular weight is 497 g/mol. The van der Waals surface area contributed by atoms with E-state index < -0.39 is 32.7 Å². The fourth-order valence-electron chi connectivity index (χ4n) is 2.96. The van der Waals surface area contributed by atoms with Crippen LogP contribution in [0.3, 0.4) is 0 Å². The fourth-order valence-corrected chi connectivity index (χ4v) is 4.79. The van der Waals surface area contributed by atoms with Crippen molar-refractivity contribution < 1.29 is 22.3 Å². The molecule has 1 amide bonds. The van der Waals surface area contributed by atoms with Gasteiger partial charge in [-0.25, -0.2) is 12.8 Å². The van der Waals surface area contributed by atoms with Gasteiger partial charge in [-0.3, -0.25) is 4.79 Å². The van der Waals surface area contributed by atoms with Crippen LogP contribution in [-0.2, 0) is 21.2 Å². The molecule has 0 bridgehead atoms. The van der Waals surface area contributed by atoms with Crippen LogP contribution in [0.25, 0.3) is 0 Å². The lowest BCUT2D eigenvalue weighted by atomic mass is 10.1. The van der Waals surface area contributed by atoms with Gasteiger partial charge >= 0.3 is 0 Å². The van der Waals surface area contributed by atoms with Crippen LogP contribution in [0, 0.1) is 5.82 Å². The highest BCUT2D eigenvalue weighted by molar-refractivity contribution is 7.89. The van der Waals surface area contributed by atoms with Gasteiger partial charge in [0.05, 0.1) is 17.8 Å². The van der Waals surface area contributed by atoms with Gasteiger partial charge in [0, 0.05) is 5.02 Å². The van der Waals surface area contributed by atoms with Crippen LogP contribution >= 0.6 is 23.2 Å². The standard InChI is InChI=1S/C22H19Cl2FN2O4S/c1-31-20-10-8-16(25)13-21(20)32(29,30)27-19(11-14-5-3-2-4-6-14)22(28)26-18-9-7-15(23)12-17(18)24/h2-10,12-13,19,27H,11H2,1H3,(H,26,28). The Hall–Kier alpha value is -2.65. The van der Waals surface area contributed by atoms with Crippen molar-refractivity contribution in [3.8, 4) is 5.75 Å². The van der Waals surface area contributed by atoms with Gasteiger partial charge in [-0.1, -0.05) is 53.5 Å². The van der Waals surface area contributed by atoms with Crippen molar-refractivity contribution in [3.05, 3.63) is 88.2 Å². The highest BCUT2D eigenvalue weighted by atomic mass is 35.5. The van der Waals surface area contributed by atoms with E-state index in [2.05, 4.69) is 10.0 Å². The number of sulfonamides is 1. The number of hydrogen-bond acceptors (Lipinski definition) is 4. The number of hydrogen-bond donors (Lipinski definition) is 2. The number of carbonyl (C=O) groups is 1. The molecule has 2 N–H and O–H groups in total. The third-order valence-corrected chi connectivity index (χ3v) is 6.54. The van der Waals surface area contributed by atoms with Crippen LogP contribution in [0.15, 0.2) is 71.6 Å². The van der Waals surface area contributed by atoms with Gasteiger partial charge in [-0.2, -0.15) is 4.72 Å². The quantitative estimate of drug-likeness (QED) is 0.474. The van der Waals surface area contributed by atoms with Crippen molar-refractivity contribution in [3.63, 3.8) is 0 Å². The first-order valence-corrected chi connectivity index (χ1v) is 11.6. The summed E-state index contributed by atoms with van der Waals surface area (Å²) in [6.45, 7) is 0. The maximum absolute atomic E-state index is 13.8. The lowest BCUT2D eigenvalue weighted by molar-refractivity contribution is -0.117. The molecule has 0 aliphatic carbocycles. The van der Waals surface area contributed by atoms with Crippen molar-refractivity contribution in [2.45, 2.75) is 17.4 Å². The maximum atomic E-state index is 13.8. The van der Waals surface area contributed by atoms with Gasteiger partial charge in [-0.05, 0) is 48.4 Å². The Kier molecular flexibility index (Phi) is 7.73. The summed E-state index contributed by atoms with van der Waals surface area (Å²) in [5.74, 6) is -1.47. The first-order chi connectivity index (χ1) is 15.2. The van der Waals surface area contributed by atoms with Gasteiger partial charge in [0.15, 0.2) is 0 Å². The minimum atomic E-state index is -4.33. The molecule has 1 unspecified atom stereocenters. The Labute approximate surface area is 195 Å². The van der Waals surface area contributed by atoms with Gasteiger partial charge in [-0.15, -0.1) is 0 Å². The van der Waals surface area contributed by atoms with Gasteiger partial charge in [0.25, 0.3) is 0 Å². The fraction of sp³-hybridized carbons (Fsp3) is 0.136. The molecule has 0 spiro atoms. The molecule has 0 saturated heterocycles. The highest BCUT2D eigenvalue weighted by Gasteiger charge is 2.29. The first-order valence-electron chi connectivity index (χ1n) is 9.35. The molecule has 10 heteroatoms. The molecule has 0 aliphatic heterocycles. The zero-order valence-corrected chi connectivity index (χ0v) is 19.1. The van der Waals surface area contributed by atoms with Crippen LogP contribution in [0.5, 0.6) is 5.75 Å². The van der Waals surface area contributed by atoms with Crippen molar-refractivity contribution in [1.82, 2.24) is 4.72 Å². The van der Waals surface area contributed by atoms with Gasteiger partial charge in [0.2, 0.25) is 15.9 Å². The first kappa shape index (κ1) is 24.0. The molecule has 0 radical (unpaired) electrons. The third kappa shape index (κ3) is 5.98. The predicted molar refractivity (Wildman–Crippen MR) is 122 cm³/mol. The average Bonchev–Trinajstić information content (AvgIpc) is 2.75. The Bertz CT molecular complexity index is 1220. The summed E-state index contributed by atoms with van der Waals surface area (Å²) in [6.07, 6.45) is 0.0365. The molecule has 0 heterocycles. The van der Waals surface area contributed by atoms with E-state index in [0.717, 1.165) is 12.1 Å². The Morgan fingerprint density at radius 3 is 2.44 bits per heavy atom. The van der Waals surface area contributed by atoms with E-state index in [-0.39, 0.29) is 22.9 Å². The molecule has 3 aromatic carbocycles. The summed E-state index contributed by atoms with van der Waals surface area (Å²) in [4.78, 5) is 12.6. The molecular formula is C22H19Cl2FN2O4S. The van der Waals surface area contributed by atoms with Crippen molar-refractivity contribution in [2.75, 3.05) is 12.4 Å². The highest BCUT2D eigenvalue weighted by Crippen LogP contribution is 2.27. The third-order valence-electron chi connectivity index (χ3n) is 4.50. The molecule has 0 aliphatic rings. The van der Waals surface area contributed by atoms with E-state index in [1.165, 1.54) is 31.4 Å². The van der Waals surface area contributed by atoms with Crippen molar-refractivity contribution in [1.29, 1.82) is 0 Å². The lowest BCUT2D eigenvalue weighted by Gasteiger charge is -2.20. The Morgan fingerprint density at radius 2 is 1.78 bits per heavy atom. The molecule has 0 fully saturated rings. The zero-order chi connectivity index (χ0) is 23.3. The molecule has 0 saturated carbocycles. The number of halogens is 3. The van der Waals surface area contributed by atoms with E-state index in [0.29, 0.717) is 10.6 Å². The molecule has 168 valence electrons. The van der Waals surface area contributed by atoms with E-state index in [4.69, 9.17) is 27.9 Å². The van der Waals surface area contributed by atoms with Crippen LogP contribution < -0.4 is 14.8 Å². The number of ether oxygens (including phenoxy) is 1. The van der Waals surface area contributed by atoms with E-state index in [9.17, 15) is 17.6 Å². The van der Waals surface area contributed by atoms with Gasteiger partial charge < -0.3 is 10.1 Å². The molecule has 32 heavy (non-hydrogen) atoms. The summed E-state index contributed by atoms with van der Waals surface area (Å²) in [5, 5.41) is 3.19. The molecule has 0 aromatic heterocycles. The smallest absolute Gasteiger partial charge is 0.245 e. The zero-order valence-electron chi connectivity index (χ0n) is 16.8. The van der Waals surface area contributed by atoms with Crippen molar-refractivity contribution >= 4 is 44.8 Å². The minimum absolute atomic E-state index is 0.0365. The molecule has 3 rings (SSSR count). The number of rotatable bonds is 8. The Morgan fingerprint density at radius 1 is 1.06 bits per heavy atom. The van der Waals surface area contributed by atoms with Crippen LogP contribution in [-0.4, -0.2) is 27.5 Å². The second-order valence-electron chi connectivity index (χ2n) is 6.77. The summed E-state index contributed by atoms with van der Waals surface area (Å²) in [7, 11) is -3.06. The van der Waals surface area contributed by atoms with E-state index >= 15 is 0 Å². The molecule has 1 atom stereocenters. The number of anilines is 1. The summed E-state index contributed by atoms with van der Waals surface area (Å²) < 4.78 is 47.3. The van der Waals surface area contributed by atoms with Crippen LogP contribution in [0.2, 0.25) is 10.0 Å². The summed E-state index contributed by atoms with van der Waals surface area (Å²) in [6, 6.07) is 15.2. The number of benzene rings is 3. The normalized spacial score (nSPS) is 12.2. The summed E-state index contributed by atoms with van der Waals surface area (Å²) in [5.41, 5.74) is 0.977. The summed E-state index contributed by atoms with van der Waals surface area (Å²) >= 11 is 12.0. The van der Waals surface area contributed by atoms with Crippen molar-refractivity contribution in [2.24, 2.45) is 0 Å². The number of amides is 1. The molecular weight excluding hydrogens is 478 g/mol. The van der Waals surface area contributed by atoms with E-state index in [1.54, 1.807) is 30.3 Å². The maximum Gasteiger partial charge on any atom is 0.245 e. The lowest BCUT2D eigenvalue weighted by Crippen LogP contribution is -2.45. The SMILES string of the molecule is COc1ccc(F)cc1S(=O)(=O)NC(Cc1ccccc1)C(=O)Nc1ccc(Cl)cc1Cl. The molecule has 6 nitrogen and oxygen atoms in total. The minimum Gasteiger partial charge on any atom is -0.495 e. The monoisotopic (exact) mass is 496 g/mol. The number of carbonyl (C=O) groups excluding carboxylic acids is 1. The second-order valence-corrected chi connectivity index (χ2v) is 9.30. The second kappa shape index (κ2) is 10.3. The predicted octanol–water partition coefficient (Wildman–Crippen LogP) is 4.67. The topological polar surface area (TPSA) is 84.5 Å².